The van der Waals surface area contributed by atoms with Crippen LogP contribution in [0.3, 0.4) is 0 Å². The summed E-state index contributed by atoms with van der Waals surface area (Å²) >= 11 is 0. The Balaban J connectivity index is 2.30. The van der Waals surface area contributed by atoms with Gasteiger partial charge in [-0.25, -0.2) is 0 Å². The summed E-state index contributed by atoms with van der Waals surface area (Å²) in [6.45, 7) is 0. The molecule has 1 saturated carbocycles. The van der Waals surface area contributed by atoms with Crippen molar-refractivity contribution in [2.75, 3.05) is 19.6 Å². The molecule has 0 aromatic heterocycles. The number of carbonyl (C=O) groups is 1. The molecule has 3 unspecified atom stereocenters. The third kappa shape index (κ3) is 3.21. The van der Waals surface area contributed by atoms with Gasteiger partial charge in [0.1, 0.15) is 11.0 Å². The lowest BCUT2D eigenvalue weighted by atomic mass is 9.81. The van der Waals surface area contributed by atoms with Crippen LogP contribution >= 0.6 is 0 Å². The van der Waals surface area contributed by atoms with E-state index < -0.39 is 0 Å². The number of benzene rings is 1. The zero-order valence-corrected chi connectivity index (χ0v) is 12.8. The van der Waals surface area contributed by atoms with Crippen molar-refractivity contribution in [3.8, 4) is 0 Å². The molecule has 0 amide bonds. The molecule has 2 rings (SSSR count). The van der Waals surface area contributed by atoms with Gasteiger partial charge >= 0.3 is 0 Å². The summed E-state index contributed by atoms with van der Waals surface area (Å²) in [5, 5.41) is 0.464. The van der Waals surface area contributed by atoms with Crippen molar-refractivity contribution in [3.05, 3.63) is 35.9 Å². The van der Waals surface area contributed by atoms with Crippen molar-refractivity contribution in [2.24, 2.45) is 5.92 Å². The second-order valence-corrected chi connectivity index (χ2v) is 7.73. The zero-order chi connectivity index (χ0) is 13.8. The minimum Gasteiger partial charge on any atom is -0.376 e. The van der Waals surface area contributed by atoms with Gasteiger partial charge in [-0.3, -0.25) is 4.79 Å². The molecule has 1 aromatic rings. The van der Waals surface area contributed by atoms with Crippen molar-refractivity contribution in [3.63, 3.8) is 0 Å². The highest BCUT2D eigenvalue weighted by atomic mass is 32.2. The van der Waals surface area contributed by atoms with Crippen LogP contribution < -0.4 is 0 Å². The van der Waals surface area contributed by atoms with E-state index in [1.807, 2.05) is 18.2 Å². The summed E-state index contributed by atoms with van der Waals surface area (Å²) in [6, 6.07) is 10.2. The minimum atomic E-state index is -0.0890. The maximum Gasteiger partial charge on any atom is 0.143 e. The summed E-state index contributed by atoms with van der Waals surface area (Å²) in [5.41, 5.74) is 1.13. The molecular formula is C16H23O2S+. The van der Waals surface area contributed by atoms with Crippen LogP contribution in [-0.2, 0) is 20.4 Å². The van der Waals surface area contributed by atoms with E-state index in [4.69, 9.17) is 4.74 Å². The topological polar surface area (TPSA) is 26.3 Å². The van der Waals surface area contributed by atoms with Gasteiger partial charge in [0, 0.05) is 13.5 Å². The fourth-order valence-electron chi connectivity index (χ4n) is 3.06. The van der Waals surface area contributed by atoms with Crippen LogP contribution in [0, 0.1) is 5.92 Å². The average Bonchev–Trinajstić information content (AvgIpc) is 2.42. The summed E-state index contributed by atoms with van der Waals surface area (Å²) in [6.07, 6.45) is 7.30. The Hall–Kier alpha value is -0.800. The van der Waals surface area contributed by atoms with E-state index >= 15 is 0 Å². The normalized spacial score (nSPS) is 25.6. The number of ketones is 1. The fraction of sp³-hybridized carbons (Fsp3) is 0.562. The van der Waals surface area contributed by atoms with Crippen LogP contribution in [0.25, 0.3) is 0 Å². The number of hydrogen-bond acceptors (Lipinski definition) is 2. The van der Waals surface area contributed by atoms with Crippen LogP contribution in [0.4, 0.5) is 0 Å². The first-order valence-electron chi connectivity index (χ1n) is 6.82. The van der Waals surface area contributed by atoms with Crippen molar-refractivity contribution >= 4 is 16.7 Å². The van der Waals surface area contributed by atoms with Gasteiger partial charge in [-0.05, 0) is 29.3 Å². The molecule has 3 heteroatoms. The van der Waals surface area contributed by atoms with Crippen molar-refractivity contribution < 1.29 is 9.53 Å². The molecule has 19 heavy (non-hydrogen) atoms. The monoisotopic (exact) mass is 279 g/mol. The van der Waals surface area contributed by atoms with Crippen LogP contribution in [0.1, 0.15) is 30.9 Å². The maximum atomic E-state index is 12.4. The van der Waals surface area contributed by atoms with Crippen LogP contribution in [0.15, 0.2) is 30.3 Å². The van der Waals surface area contributed by atoms with Gasteiger partial charge in [0.25, 0.3) is 0 Å². The van der Waals surface area contributed by atoms with Gasteiger partial charge < -0.3 is 4.74 Å². The average molecular weight is 279 g/mol. The molecule has 3 atom stereocenters. The highest BCUT2D eigenvalue weighted by Crippen LogP contribution is 2.37. The van der Waals surface area contributed by atoms with E-state index in [-0.39, 0.29) is 22.9 Å². The van der Waals surface area contributed by atoms with Gasteiger partial charge in [0.15, 0.2) is 0 Å². The van der Waals surface area contributed by atoms with Crippen LogP contribution in [0.2, 0.25) is 0 Å². The Morgan fingerprint density at radius 3 is 2.53 bits per heavy atom. The highest BCUT2D eigenvalue weighted by molar-refractivity contribution is 7.96. The lowest BCUT2D eigenvalue weighted by molar-refractivity contribution is -0.129. The second-order valence-electron chi connectivity index (χ2n) is 5.37. The Labute approximate surface area is 118 Å². The van der Waals surface area contributed by atoms with Crippen molar-refractivity contribution in [1.29, 1.82) is 0 Å². The molecule has 0 radical (unpaired) electrons. The number of methoxy groups -OCH3 is 1. The van der Waals surface area contributed by atoms with E-state index in [0.29, 0.717) is 17.5 Å². The third-order valence-electron chi connectivity index (χ3n) is 4.00. The Morgan fingerprint density at radius 2 is 1.95 bits per heavy atom. The van der Waals surface area contributed by atoms with Crippen LogP contribution in [0.5, 0.6) is 0 Å². The smallest absolute Gasteiger partial charge is 0.143 e. The summed E-state index contributed by atoms with van der Waals surface area (Å²) in [4.78, 5) is 12.4. The molecule has 0 bridgehead atoms. The summed E-state index contributed by atoms with van der Waals surface area (Å²) in [5.74, 6) is 0.410. The molecule has 0 spiro atoms. The number of Topliss-reactive ketones (excluding diaryl/α,β-unsaturated/α-hetero) is 1. The number of ether oxygens (including phenoxy) is 1. The largest absolute Gasteiger partial charge is 0.376 e. The van der Waals surface area contributed by atoms with E-state index in [1.54, 1.807) is 7.11 Å². The van der Waals surface area contributed by atoms with E-state index in [1.165, 1.54) is 0 Å². The van der Waals surface area contributed by atoms with Gasteiger partial charge in [-0.1, -0.05) is 30.3 Å². The Morgan fingerprint density at radius 1 is 1.26 bits per heavy atom. The van der Waals surface area contributed by atoms with Crippen LogP contribution in [-0.4, -0.2) is 30.7 Å². The molecule has 0 heterocycles. The summed E-state index contributed by atoms with van der Waals surface area (Å²) < 4.78 is 5.71. The second kappa shape index (κ2) is 6.58. The number of carbonyl (C=O) groups excluding carboxylic acids is 1. The summed E-state index contributed by atoms with van der Waals surface area (Å²) in [7, 11) is 1.97. The minimum absolute atomic E-state index is 0.0273. The third-order valence-corrected chi connectivity index (χ3v) is 5.74. The first kappa shape index (κ1) is 14.6. The molecule has 2 nitrogen and oxygen atoms in total. The van der Waals surface area contributed by atoms with Gasteiger partial charge in [-0.2, -0.15) is 0 Å². The van der Waals surface area contributed by atoms with E-state index in [2.05, 4.69) is 24.6 Å². The predicted molar refractivity (Wildman–Crippen MR) is 81.5 cm³/mol. The Kier molecular flexibility index (Phi) is 5.06. The van der Waals surface area contributed by atoms with E-state index in [9.17, 15) is 4.79 Å². The molecule has 1 fully saturated rings. The first-order chi connectivity index (χ1) is 9.15. The fourth-order valence-corrected chi connectivity index (χ4v) is 4.58. The lowest BCUT2D eigenvalue weighted by Gasteiger charge is -2.33. The molecule has 0 N–H and O–H groups in total. The standard InChI is InChI=1S/C16H23O2S/c1-18-16(12-8-5-4-6-9-12)15-13(17)10-7-11-14(15)19(2)3/h4-6,8-9,14-16H,7,10-11H2,1-3H3/q+1. The molecule has 1 aromatic carbocycles. The zero-order valence-electron chi connectivity index (χ0n) is 12.0. The molecular weight excluding hydrogens is 256 g/mol. The molecule has 0 aliphatic heterocycles. The first-order valence-corrected chi connectivity index (χ1v) is 8.92. The van der Waals surface area contributed by atoms with E-state index in [0.717, 1.165) is 18.4 Å². The molecule has 1 aliphatic carbocycles. The Bertz CT molecular complexity index is 416. The quantitative estimate of drug-likeness (QED) is 0.792. The SMILES string of the molecule is COC(c1ccccc1)C1C(=O)CCCC1[S+](C)C. The number of hydrogen-bond donors (Lipinski definition) is 0. The molecule has 104 valence electrons. The van der Waals surface area contributed by atoms with Crippen molar-refractivity contribution in [2.45, 2.75) is 30.6 Å². The predicted octanol–water partition coefficient (Wildman–Crippen LogP) is 2.99. The van der Waals surface area contributed by atoms with Gasteiger partial charge in [0.2, 0.25) is 0 Å². The van der Waals surface area contributed by atoms with Gasteiger partial charge in [-0.15, -0.1) is 0 Å². The lowest BCUT2D eigenvalue weighted by Crippen LogP contribution is -2.41. The number of rotatable bonds is 4. The van der Waals surface area contributed by atoms with Crippen molar-refractivity contribution in [1.82, 2.24) is 0 Å². The molecule has 0 saturated heterocycles. The molecule has 1 aliphatic rings. The maximum absolute atomic E-state index is 12.4. The highest BCUT2D eigenvalue weighted by Gasteiger charge is 2.44. The van der Waals surface area contributed by atoms with Gasteiger partial charge in [0.05, 0.1) is 24.5 Å².